The number of hydrogen-bond acceptors (Lipinski definition) is 6. The number of esters is 2. The van der Waals surface area contributed by atoms with Gasteiger partial charge in [-0.2, -0.15) is 0 Å². The van der Waals surface area contributed by atoms with Crippen molar-refractivity contribution in [3.05, 3.63) is 0 Å². The molecule has 5 aliphatic carbocycles. The fourth-order valence-corrected chi connectivity index (χ4v) is 8.26. The quantitative estimate of drug-likeness (QED) is 0.673. The third-order valence-electron chi connectivity index (χ3n) is 8.96. The summed E-state index contributed by atoms with van der Waals surface area (Å²) in [6, 6.07) is 0. The van der Waals surface area contributed by atoms with E-state index in [2.05, 4.69) is 0 Å². The van der Waals surface area contributed by atoms with Gasteiger partial charge in [0.1, 0.15) is 11.6 Å². The van der Waals surface area contributed by atoms with Crippen LogP contribution in [0.3, 0.4) is 0 Å². The lowest BCUT2D eigenvalue weighted by Gasteiger charge is -2.47. The molecule has 0 unspecified atom stereocenters. The van der Waals surface area contributed by atoms with Crippen molar-refractivity contribution < 1.29 is 28.7 Å². The predicted molar refractivity (Wildman–Crippen MR) is 96.6 cm³/mol. The normalized spacial score (nSPS) is 48.6. The topological polar surface area (TPSA) is 86.7 Å². The third kappa shape index (κ3) is 2.26. The second-order valence-electron chi connectivity index (χ2n) is 9.63. The number of ketones is 2. The molecule has 0 amide bonds. The van der Waals surface area contributed by atoms with Crippen molar-refractivity contribution in [1.82, 2.24) is 0 Å². The smallest absolute Gasteiger partial charge is 0.309 e. The van der Waals surface area contributed by atoms with Crippen LogP contribution in [0.15, 0.2) is 0 Å². The van der Waals surface area contributed by atoms with E-state index in [0.29, 0.717) is 24.7 Å². The van der Waals surface area contributed by atoms with Crippen LogP contribution in [0, 0.1) is 59.2 Å². The molecule has 0 radical (unpaired) electrons. The number of rotatable bonds is 2. The monoisotopic (exact) mass is 388 g/mol. The van der Waals surface area contributed by atoms with E-state index in [1.807, 2.05) is 0 Å². The number of methoxy groups -OCH3 is 2. The maximum Gasteiger partial charge on any atom is 0.309 e. The van der Waals surface area contributed by atoms with Crippen LogP contribution in [0.4, 0.5) is 0 Å². The molecule has 0 bridgehead atoms. The van der Waals surface area contributed by atoms with Crippen LogP contribution >= 0.6 is 0 Å². The molecule has 6 heteroatoms. The molecule has 152 valence electrons. The molecule has 5 aliphatic rings. The Morgan fingerprint density at radius 2 is 1.14 bits per heavy atom. The Kier molecular flexibility index (Phi) is 4.18. The molecular formula is C22H28O6. The van der Waals surface area contributed by atoms with Crippen molar-refractivity contribution in [2.45, 2.75) is 38.5 Å². The SMILES string of the molecule is COC(=O)[C@@H]1[C@@H](C(=O)OC)[C@H]2[C@H](C[C@@H]3CCC(=O)[C@H]32)[C@H]2C[C@H]3CCC(=O)[C@H]3[C@H]21. The average Bonchev–Trinajstić information content (AvgIpc) is 3.42. The van der Waals surface area contributed by atoms with Gasteiger partial charge >= 0.3 is 11.9 Å². The summed E-state index contributed by atoms with van der Waals surface area (Å²) in [5.41, 5.74) is 0. The molecule has 0 spiro atoms. The Labute approximate surface area is 164 Å². The van der Waals surface area contributed by atoms with E-state index >= 15 is 0 Å². The fourth-order valence-electron chi connectivity index (χ4n) is 8.26. The molecule has 5 saturated carbocycles. The van der Waals surface area contributed by atoms with Crippen LogP contribution in [0.25, 0.3) is 0 Å². The van der Waals surface area contributed by atoms with Gasteiger partial charge in [0, 0.05) is 24.7 Å². The van der Waals surface area contributed by atoms with Crippen LogP contribution in [-0.2, 0) is 28.7 Å². The van der Waals surface area contributed by atoms with Crippen molar-refractivity contribution in [3.8, 4) is 0 Å². The Hall–Kier alpha value is -1.72. The van der Waals surface area contributed by atoms with Crippen LogP contribution in [-0.4, -0.2) is 37.7 Å². The molecule has 10 atom stereocenters. The highest BCUT2D eigenvalue weighted by Gasteiger charge is 2.68. The van der Waals surface area contributed by atoms with Gasteiger partial charge in [-0.3, -0.25) is 19.2 Å². The summed E-state index contributed by atoms with van der Waals surface area (Å²) in [6.45, 7) is 0. The van der Waals surface area contributed by atoms with Crippen LogP contribution in [0.5, 0.6) is 0 Å². The van der Waals surface area contributed by atoms with Crippen molar-refractivity contribution in [3.63, 3.8) is 0 Å². The van der Waals surface area contributed by atoms with Crippen LogP contribution in [0.2, 0.25) is 0 Å². The van der Waals surface area contributed by atoms with Gasteiger partial charge in [0.25, 0.3) is 0 Å². The van der Waals surface area contributed by atoms with E-state index in [-0.39, 0.29) is 47.1 Å². The highest BCUT2D eigenvalue weighted by molar-refractivity contribution is 5.89. The van der Waals surface area contributed by atoms with Crippen LogP contribution in [0.1, 0.15) is 38.5 Å². The van der Waals surface area contributed by atoms with Crippen molar-refractivity contribution in [2.75, 3.05) is 14.2 Å². The van der Waals surface area contributed by atoms with Gasteiger partial charge in [-0.05, 0) is 61.2 Å². The molecule has 0 aliphatic heterocycles. The number of ether oxygens (including phenoxy) is 2. The summed E-state index contributed by atoms with van der Waals surface area (Å²) in [5, 5.41) is 0. The van der Waals surface area contributed by atoms with E-state index in [1.165, 1.54) is 14.2 Å². The zero-order valence-corrected chi connectivity index (χ0v) is 16.5. The molecule has 5 rings (SSSR count). The molecule has 0 aromatic heterocycles. The second kappa shape index (κ2) is 6.39. The fraction of sp³-hybridized carbons (Fsp3) is 0.818. The standard InChI is InChI=1S/C22H28O6/c1-27-21(25)19-17-11(7-9-3-5-13(23)15(9)17)12-8-10-4-6-14(24)16(10)18(12)20(19)22(26)28-2/h9-12,15-20H,3-8H2,1-2H3/t9-,10+,11-,12-,15+,16+,17+,18+,19+,20+/m1/s1. The summed E-state index contributed by atoms with van der Waals surface area (Å²) >= 11 is 0. The molecule has 6 nitrogen and oxygen atoms in total. The van der Waals surface area contributed by atoms with Crippen molar-refractivity contribution >= 4 is 23.5 Å². The molecule has 5 fully saturated rings. The van der Waals surface area contributed by atoms with E-state index in [9.17, 15) is 19.2 Å². The molecular weight excluding hydrogens is 360 g/mol. The highest BCUT2D eigenvalue weighted by atomic mass is 16.5. The summed E-state index contributed by atoms with van der Waals surface area (Å²) in [5.74, 6) is -1.20. The second-order valence-corrected chi connectivity index (χ2v) is 9.63. The van der Waals surface area contributed by atoms with Gasteiger partial charge in [0.05, 0.1) is 26.1 Å². The van der Waals surface area contributed by atoms with E-state index in [0.717, 1.165) is 25.7 Å². The third-order valence-corrected chi connectivity index (χ3v) is 8.96. The Bertz CT molecular complexity index is 681. The Balaban J connectivity index is 1.63. The lowest BCUT2D eigenvalue weighted by molar-refractivity contribution is -0.173. The van der Waals surface area contributed by atoms with Crippen molar-refractivity contribution in [1.29, 1.82) is 0 Å². The van der Waals surface area contributed by atoms with Crippen molar-refractivity contribution in [2.24, 2.45) is 59.2 Å². The molecule has 0 aromatic carbocycles. The first kappa shape index (κ1) is 18.3. The number of Topliss-reactive ketones (excluding diaryl/α,β-unsaturated/α-hetero) is 2. The minimum absolute atomic E-state index is 0.140. The van der Waals surface area contributed by atoms with Gasteiger partial charge in [0.2, 0.25) is 0 Å². The molecule has 0 saturated heterocycles. The lowest BCUT2D eigenvalue weighted by Crippen LogP contribution is -2.53. The van der Waals surface area contributed by atoms with E-state index in [4.69, 9.17) is 9.47 Å². The first-order valence-electron chi connectivity index (χ1n) is 10.7. The average molecular weight is 388 g/mol. The highest BCUT2D eigenvalue weighted by Crippen LogP contribution is 2.67. The number of fused-ring (bicyclic) bond motifs is 7. The lowest BCUT2D eigenvalue weighted by atomic mass is 9.55. The minimum atomic E-state index is -0.673. The van der Waals surface area contributed by atoms with E-state index < -0.39 is 23.8 Å². The van der Waals surface area contributed by atoms with Gasteiger partial charge in [-0.25, -0.2) is 0 Å². The predicted octanol–water partition coefficient (Wildman–Crippen LogP) is 2.04. The van der Waals surface area contributed by atoms with Gasteiger partial charge < -0.3 is 9.47 Å². The van der Waals surface area contributed by atoms with Gasteiger partial charge in [-0.1, -0.05) is 0 Å². The van der Waals surface area contributed by atoms with E-state index in [1.54, 1.807) is 0 Å². The first-order chi connectivity index (χ1) is 13.5. The largest absolute Gasteiger partial charge is 0.469 e. The summed E-state index contributed by atoms with van der Waals surface area (Å²) in [4.78, 5) is 51.4. The molecule has 28 heavy (non-hydrogen) atoms. The molecule has 0 aromatic rings. The van der Waals surface area contributed by atoms with Gasteiger partial charge in [-0.15, -0.1) is 0 Å². The Morgan fingerprint density at radius 3 is 1.50 bits per heavy atom. The Morgan fingerprint density at radius 1 is 0.750 bits per heavy atom. The maximum atomic E-state index is 13.0. The van der Waals surface area contributed by atoms with Gasteiger partial charge in [0.15, 0.2) is 0 Å². The molecule has 0 heterocycles. The summed E-state index contributed by atoms with van der Waals surface area (Å²) < 4.78 is 10.3. The zero-order valence-electron chi connectivity index (χ0n) is 16.5. The molecule has 0 N–H and O–H groups in total. The number of carbonyl (C=O) groups excluding carboxylic acids is 4. The maximum absolute atomic E-state index is 13.0. The minimum Gasteiger partial charge on any atom is -0.469 e. The number of hydrogen-bond donors (Lipinski definition) is 0. The summed E-state index contributed by atoms with van der Waals surface area (Å²) in [6.07, 6.45) is 4.81. The van der Waals surface area contributed by atoms with Crippen LogP contribution < -0.4 is 0 Å². The summed E-state index contributed by atoms with van der Waals surface area (Å²) in [7, 11) is 2.69. The first-order valence-corrected chi connectivity index (χ1v) is 10.7. The number of carbonyl (C=O) groups is 4. The zero-order chi connectivity index (χ0) is 19.7.